The van der Waals surface area contributed by atoms with E-state index in [0.29, 0.717) is 29.5 Å². The Kier molecular flexibility index (Phi) is 6.82. The summed E-state index contributed by atoms with van der Waals surface area (Å²) in [5.41, 5.74) is 1.64. The molecular formula is C22H22ClN3O2S2. The highest BCUT2D eigenvalue weighted by molar-refractivity contribution is 7.23. The van der Waals surface area contributed by atoms with Gasteiger partial charge in [0.25, 0.3) is 5.91 Å². The van der Waals surface area contributed by atoms with Crippen LogP contribution in [0.2, 0.25) is 4.34 Å². The molecule has 0 aliphatic carbocycles. The fraction of sp³-hybridized carbons (Fsp3) is 0.318. The van der Waals surface area contributed by atoms with Gasteiger partial charge in [-0.25, -0.2) is 4.98 Å². The van der Waals surface area contributed by atoms with Crippen LogP contribution in [-0.2, 0) is 11.2 Å². The van der Waals surface area contributed by atoms with Gasteiger partial charge in [-0.15, -0.1) is 22.7 Å². The van der Waals surface area contributed by atoms with E-state index in [9.17, 15) is 9.59 Å². The molecule has 1 N–H and O–H groups in total. The highest BCUT2D eigenvalue weighted by atomic mass is 35.5. The Bertz CT molecular complexity index is 1010. The van der Waals surface area contributed by atoms with Crippen LogP contribution in [0.4, 0.5) is 0 Å². The summed E-state index contributed by atoms with van der Waals surface area (Å²) < 4.78 is 0.709. The Hall–Kier alpha value is -2.22. The van der Waals surface area contributed by atoms with Crippen molar-refractivity contribution in [1.29, 1.82) is 0 Å². The van der Waals surface area contributed by atoms with Crippen LogP contribution < -0.4 is 5.32 Å². The average molecular weight is 460 g/mol. The van der Waals surface area contributed by atoms with Gasteiger partial charge in [0.1, 0.15) is 10.7 Å². The molecule has 2 amide bonds. The van der Waals surface area contributed by atoms with E-state index < -0.39 is 0 Å². The number of carbonyl (C=O) groups excluding carboxylic acids is 2. The van der Waals surface area contributed by atoms with Crippen molar-refractivity contribution in [2.24, 2.45) is 0 Å². The van der Waals surface area contributed by atoms with Gasteiger partial charge in [-0.2, -0.15) is 0 Å². The number of likely N-dealkylation sites (tertiary alicyclic amines) is 1. The van der Waals surface area contributed by atoms with Crippen LogP contribution in [0.15, 0.2) is 47.8 Å². The molecule has 0 radical (unpaired) electrons. The van der Waals surface area contributed by atoms with Crippen molar-refractivity contribution in [1.82, 2.24) is 15.2 Å². The Morgan fingerprint density at radius 1 is 1.13 bits per heavy atom. The standard InChI is InChI=1S/C22H22ClN3O2S2/c23-19-8-7-18(30-19)21-25-17(14-29-21)22(28)26-12-10-16(11-13-26)24-20(27)9-6-15-4-2-1-3-5-15/h1-5,7-8,14,16H,6,9-13H2,(H,24,27). The number of benzene rings is 1. The second-order valence-corrected chi connectivity index (χ2v) is 9.83. The van der Waals surface area contributed by atoms with Crippen molar-refractivity contribution >= 4 is 46.1 Å². The lowest BCUT2D eigenvalue weighted by Crippen LogP contribution is -2.46. The summed E-state index contributed by atoms with van der Waals surface area (Å²) in [6.45, 7) is 1.25. The lowest BCUT2D eigenvalue weighted by molar-refractivity contribution is -0.122. The van der Waals surface area contributed by atoms with E-state index in [-0.39, 0.29) is 17.9 Å². The van der Waals surface area contributed by atoms with Crippen LogP contribution in [0.1, 0.15) is 35.3 Å². The minimum absolute atomic E-state index is 0.0472. The van der Waals surface area contributed by atoms with E-state index in [1.807, 2.05) is 52.7 Å². The van der Waals surface area contributed by atoms with E-state index in [1.165, 1.54) is 28.2 Å². The largest absolute Gasteiger partial charge is 0.353 e. The number of nitrogens with one attached hydrogen (secondary N) is 1. The molecule has 1 aromatic carbocycles. The van der Waals surface area contributed by atoms with Gasteiger partial charge in [0, 0.05) is 30.9 Å². The molecule has 1 fully saturated rings. The number of aryl methyl sites for hydroxylation is 1. The van der Waals surface area contributed by atoms with Crippen LogP contribution in [-0.4, -0.2) is 40.8 Å². The lowest BCUT2D eigenvalue weighted by atomic mass is 10.0. The number of hydrogen-bond donors (Lipinski definition) is 1. The fourth-order valence-electron chi connectivity index (χ4n) is 3.51. The molecule has 30 heavy (non-hydrogen) atoms. The number of thiophene rings is 1. The second-order valence-electron chi connectivity index (χ2n) is 7.26. The van der Waals surface area contributed by atoms with E-state index in [0.717, 1.165) is 29.1 Å². The Labute approximate surface area is 188 Å². The molecule has 2 aromatic heterocycles. The predicted octanol–water partition coefficient (Wildman–Crippen LogP) is 4.88. The quantitative estimate of drug-likeness (QED) is 0.571. The summed E-state index contributed by atoms with van der Waals surface area (Å²) >= 11 is 8.91. The third-order valence-corrected chi connectivity index (χ3v) is 7.38. The van der Waals surface area contributed by atoms with Crippen molar-refractivity contribution in [3.8, 4) is 9.88 Å². The molecule has 1 saturated heterocycles. The molecule has 0 spiro atoms. The van der Waals surface area contributed by atoms with Crippen molar-refractivity contribution in [2.45, 2.75) is 31.7 Å². The van der Waals surface area contributed by atoms with Gasteiger partial charge in [-0.3, -0.25) is 9.59 Å². The van der Waals surface area contributed by atoms with E-state index in [1.54, 1.807) is 0 Å². The van der Waals surface area contributed by atoms with Gasteiger partial charge in [0.2, 0.25) is 5.91 Å². The Morgan fingerprint density at radius 2 is 1.90 bits per heavy atom. The molecule has 5 nitrogen and oxygen atoms in total. The molecule has 4 rings (SSSR count). The maximum atomic E-state index is 12.8. The first-order valence-corrected chi connectivity index (χ1v) is 12.0. The Balaban J connectivity index is 1.24. The van der Waals surface area contributed by atoms with Gasteiger partial charge < -0.3 is 10.2 Å². The average Bonchev–Trinajstić information content (AvgIpc) is 3.42. The minimum Gasteiger partial charge on any atom is -0.353 e. The predicted molar refractivity (Wildman–Crippen MR) is 122 cm³/mol. The van der Waals surface area contributed by atoms with Crippen LogP contribution in [0.5, 0.6) is 0 Å². The molecular weight excluding hydrogens is 438 g/mol. The normalized spacial score (nSPS) is 14.6. The fourth-order valence-corrected chi connectivity index (χ4v) is 5.41. The van der Waals surface area contributed by atoms with Gasteiger partial charge in [-0.1, -0.05) is 41.9 Å². The third-order valence-electron chi connectivity index (χ3n) is 5.14. The highest BCUT2D eigenvalue weighted by Crippen LogP contribution is 2.33. The summed E-state index contributed by atoms with van der Waals surface area (Å²) in [5.74, 6) is 0.0244. The number of rotatable bonds is 6. The number of piperidine rings is 1. The molecule has 0 unspecified atom stereocenters. The first-order valence-electron chi connectivity index (χ1n) is 9.92. The molecule has 3 aromatic rings. The summed E-state index contributed by atoms with van der Waals surface area (Å²) in [6.07, 6.45) is 2.75. The molecule has 156 valence electrons. The molecule has 1 aliphatic heterocycles. The second kappa shape index (κ2) is 9.73. The highest BCUT2D eigenvalue weighted by Gasteiger charge is 2.26. The number of halogens is 1. The van der Waals surface area contributed by atoms with E-state index >= 15 is 0 Å². The number of amides is 2. The number of nitrogens with zero attached hydrogens (tertiary/aromatic N) is 2. The van der Waals surface area contributed by atoms with Gasteiger partial charge in [0.05, 0.1) is 9.21 Å². The molecule has 3 heterocycles. The SMILES string of the molecule is O=C(CCc1ccccc1)NC1CCN(C(=O)c2csc(-c3ccc(Cl)s3)n2)CC1. The summed E-state index contributed by atoms with van der Waals surface area (Å²) in [4.78, 5) is 32.3. The van der Waals surface area contributed by atoms with Crippen LogP contribution in [0.25, 0.3) is 9.88 Å². The molecule has 1 aliphatic rings. The summed E-state index contributed by atoms with van der Waals surface area (Å²) in [5, 5.41) is 5.74. The first kappa shape index (κ1) is 21.0. The minimum atomic E-state index is -0.0472. The number of thiazole rings is 1. The number of carbonyl (C=O) groups is 2. The summed E-state index contributed by atoms with van der Waals surface area (Å²) in [6, 6.07) is 13.9. The summed E-state index contributed by atoms with van der Waals surface area (Å²) in [7, 11) is 0. The van der Waals surface area contributed by atoms with Crippen LogP contribution in [0, 0.1) is 0 Å². The topological polar surface area (TPSA) is 62.3 Å². The van der Waals surface area contributed by atoms with Crippen LogP contribution in [0.3, 0.4) is 0 Å². The molecule has 0 saturated carbocycles. The van der Waals surface area contributed by atoms with Gasteiger partial charge in [0.15, 0.2) is 0 Å². The molecule has 0 bridgehead atoms. The zero-order chi connectivity index (χ0) is 20.9. The lowest BCUT2D eigenvalue weighted by Gasteiger charge is -2.32. The van der Waals surface area contributed by atoms with Crippen molar-refractivity contribution in [2.75, 3.05) is 13.1 Å². The molecule has 0 atom stereocenters. The Morgan fingerprint density at radius 3 is 2.60 bits per heavy atom. The van der Waals surface area contributed by atoms with E-state index in [4.69, 9.17) is 11.6 Å². The van der Waals surface area contributed by atoms with Gasteiger partial charge >= 0.3 is 0 Å². The maximum Gasteiger partial charge on any atom is 0.273 e. The van der Waals surface area contributed by atoms with Crippen molar-refractivity contribution in [3.63, 3.8) is 0 Å². The smallest absolute Gasteiger partial charge is 0.273 e. The zero-order valence-corrected chi connectivity index (χ0v) is 18.7. The zero-order valence-electron chi connectivity index (χ0n) is 16.3. The van der Waals surface area contributed by atoms with Crippen molar-refractivity contribution in [3.05, 3.63) is 63.4 Å². The first-order chi connectivity index (χ1) is 14.6. The third kappa shape index (κ3) is 5.28. The number of hydrogen-bond acceptors (Lipinski definition) is 5. The van der Waals surface area contributed by atoms with Crippen molar-refractivity contribution < 1.29 is 9.59 Å². The molecule has 8 heteroatoms. The van der Waals surface area contributed by atoms with E-state index in [2.05, 4.69) is 10.3 Å². The van der Waals surface area contributed by atoms with Gasteiger partial charge in [-0.05, 0) is 37.0 Å². The van der Waals surface area contributed by atoms with Crippen LogP contribution >= 0.6 is 34.3 Å². The maximum absolute atomic E-state index is 12.8. The number of aromatic nitrogens is 1. The monoisotopic (exact) mass is 459 g/mol.